The molecule has 0 aromatic heterocycles. The van der Waals surface area contributed by atoms with Gasteiger partial charge in [-0.15, -0.1) is 0 Å². The SMILES string of the molecule is CC(N)OB(Oc1ccccc1)Oc1ccc(O)cc1. The zero-order valence-corrected chi connectivity index (χ0v) is 11.1. The van der Waals surface area contributed by atoms with Crippen LogP contribution in [0.15, 0.2) is 54.6 Å². The average Bonchev–Trinajstić information content (AvgIpc) is 2.42. The van der Waals surface area contributed by atoms with Gasteiger partial charge in [-0.3, -0.25) is 0 Å². The third-order valence-corrected chi connectivity index (χ3v) is 2.37. The lowest BCUT2D eigenvalue weighted by atomic mass is 10.2. The molecule has 2 aromatic rings. The number of nitrogens with two attached hydrogens (primary N) is 1. The van der Waals surface area contributed by atoms with Crippen molar-refractivity contribution in [3.05, 3.63) is 54.6 Å². The molecule has 3 N–H and O–H groups in total. The molecule has 0 saturated heterocycles. The number of aromatic hydroxyl groups is 1. The lowest BCUT2D eigenvalue weighted by Crippen LogP contribution is -2.39. The normalized spacial score (nSPS) is 11.7. The fraction of sp³-hybridized carbons (Fsp3) is 0.143. The van der Waals surface area contributed by atoms with E-state index >= 15 is 0 Å². The summed E-state index contributed by atoms with van der Waals surface area (Å²) < 4.78 is 16.5. The molecular formula is C14H16BNO4. The van der Waals surface area contributed by atoms with Gasteiger partial charge in [-0.25, -0.2) is 0 Å². The first-order chi connectivity index (χ1) is 9.63. The number of phenolic OH excluding ortho intramolecular Hbond substituents is 1. The van der Waals surface area contributed by atoms with Crippen LogP contribution in [0.1, 0.15) is 6.92 Å². The molecule has 1 unspecified atom stereocenters. The van der Waals surface area contributed by atoms with E-state index in [2.05, 4.69) is 0 Å². The van der Waals surface area contributed by atoms with E-state index in [1.54, 1.807) is 31.2 Å². The summed E-state index contributed by atoms with van der Waals surface area (Å²) in [5.41, 5.74) is 5.60. The topological polar surface area (TPSA) is 73.9 Å². The van der Waals surface area contributed by atoms with Gasteiger partial charge < -0.3 is 24.8 Å². The number of rotatable bonds is 6. The number of hydrogen-bond acceptors (Lipinski definition) is 5. The Morgan fingerprint density at radius 2 is 1.50 bits per heavy atom. The van der Waals surface area contributed by atoms with E-state index in [0.29, 0.717) is 11.5 Å². The van der Waals surface area contributed by atoms with Crippen LogP contribution in [0.2, 0.25) is 0 Å². The highest BCUT2D eigenvalue weighted by Crippen LogP contribution is 2.18. The maximum absolute atomic E-state index is 9.23. The monoisotopic (exact) mass is 273 g/mol. The molecule has 0 bridgehead atoms. The van der Waals surface area contributed by atoms with Gasteiger partial charge in [-0.1, -0.05) is 18.2 Å². The highest BCUT2D eigenvalue weighted by atomic mass is 16.7. The van der Waals surface area contributed by atoms with Crippen LogP contribution in [0.25, 0.3) is 0 Å². The van der Waals surface area contributed by atoms with Crippen LogP contribution in [0.3, 0.4) is 0 Å². The van der Waals surface area contributed by atoms with Crippen molar-refractivity contribution >= 4 is 7.32 Å². The van der Waals surface area contributed by atoms with Crippen LogP contribution >= 0.6 is 0 Å². The molecule has 104 valence electrons. The number of phenols is 1. The third kappa shape index (κ3) is 4.49. The summed E-state index contributed by atoms with van der Waals surface area (Å²) in [4.78, 5) is 0. The fourth-order valence-corrected chi connectivity index (χ4v) is 1.50. The molecule has 0 heterocycles. The zero-order chi connectivity index (χ0) is 14.4. The van der Waals surface area contributed by atoms with Gasteiger partial charge in [0.05, 0.1) is 6.23 Å². The maximum atomic E-state index is 9.23. The van der Waals surface area contributed by atoms with Crippen molar-refractivity contribution in [2.75, 3.05) is 0 Å². The predicted molar refractivity (Wildman–Crippen MR) is 76.3 cm³/mol. The van der Waals surface area contributed by atoms with Gasteiger partial charge in [0.15, 0.2) is 0 Å². The molecule has 2 aromatic carbocycles. The van der Waals surface area contributed by atoms with E-state index in [4.69, 9.17) is 19.7 Å². The Kier molecular flexibility index (Phi) is 4.87. The van der Waals surface area contributed by atoms with Gasteiger partial charge in [-0.05, 0) is 43.3 Å². The Labute approximate surface area is 118 Å². The second-order valence-corrected chi connectivity index (χ2v) is 4.17. The van der Waals surface area contributed by atoms with Gasteiger partial charge in [0.25, 0.3) is 0 Å². The minimum absolute atomic E-state index is 0.158. The molecule has 0 amide bonds. The van der Waals surface area contributed by atoms with Crippen LogP contribution in [0, 0.1) is 0 Å². The van der Waals surface area contributed by atoms with Crippen molar-refractivity contribution in [2.45, 2.75) is 13.2 Å². The molecule has 0 fully saturated rings. The summed E-state index contributed by atoms with van der Waals surface area (Å²) >= 11 is 0. The summed E-state index contributed by atoms with van der Waals surface area (Å²) in [6.07, 6.45) is -0.541. The molecule has 0 aliphatic rings. The van der Waals surface area contributed by atoms with Crippen LogP contribution in [-0.2, 0) is 4.65 Å². The second kappa shape index (κ2) is 6.84. The standard InChI is InChI=1S/C14H16BNO4/c1-11(16)18-15(19-13-5-3-2-4-6-13)20-14-9-7-12(17)8-10-14/h2-11,17H,16H2,1H3. The molecule has 0 spiro atoms. The Hall–Kier alpha value is -2.18. The minimum atomic E-state index is -0.970. The molecule has 6 heteroatoms. The zero-order valence-electron chi connectivity index (χ0n) is 11.1. The second-order valence-electron chi connectivity index (χ2n) is 4.17. The van der Waals surface area contributed by atoms with E-state index < -0.39 is 13.5 Å². The van der Waals surface area contributed by atoms with Crippen molar-refractivity contribution in [2.24, 2.45) is 5.73 Å². The van der Waals surface area contributed by atoms with Crippen LogP contribution in [0.4, 0.5) is 0 Å². The van der Waals surface area contributed by atoms with E-state index in [0.717, 1.165) is 0 Å². The number of para-hydroxylation sites is 1. The van der Waals surface area contributed by atoms with Crippen LogP contribution in [0.5, 0.6) is 17.2 Å². The van der Waals surface area contributed by atoms with Crippen molar-refractivity contribution in [1.82, 2.24) is 0 Å². The van der Waals surface area contributed by atoms with E-state index in [-0.39, 0.29) is 5.75 Å². The Morgan fingerprint density at radius 1 is 0.950 bits per heavy atom. The number of benzene rings is 2. The first-order valence-electron chi connectivity index (χ1n) is 6.22. The summed E-state index contributed by atoms with van der Waals surface area (Å²) in [5, 5.41) is 9.23. The van der Waals surface area contributed by atoms with Crippen molar-refractivity contribution in [3.63, 3.8) is 0 Å². The first-order valence-corrected chi connectivity index (χ1v) is 6.22. The Bertz CT molecular complexity index is 518. The number of hydrogen-bond donors (Lipinski definition) is 2. The molecule has 20 heavy (non-hydrogen) atoms. The lowest BCUT2D eigenvalue weighted by Gasteiger charge is -2.17. The van der Waals surface area contributed by atoms with Gasteiger partial charge in [0.1, 0.15) is 17.2 Å². The Balaban J connectivity index is 2.05. The highest BCUT2D eigenvalue weighted by molar-refractivity contribution is 6.38. The summed E-state index contributed by atoms with van der Waals surface area (Å²) in [7, 11) is -0.970. The van der Waals surface area contributed by atoms with Crippen molar-refractivity contribution < 1.29 is 19.1 Å². The largest absolute Gasteiger partial charge is 0.789 e. The molecule has 0 aliphatic carbocycles. The van der Waals surface area contributed by atoms with Gasteiger partial charge in [-0.2, -0.15) is 0 Å². The molecule has 2 rings (SSSR count). The third-order valence-electron chi connectivity index (χ3n) is 2.37. The molecule has 1 atom stereocenters. The molecule has 5 nitrogen and oxygen atoms in total. The average molecular weight is 273 g/mol. The summed E-state index contributed by atoms with van der Waals surface area (Å²) in [6.45, 7) is 1.68. The first kappa shape index (κ1) is 14.2. The summed E-state index contributed by atoms with van der Waals surface area (Å²) in [5.74, 6) is 1.27. The maximum Gasteiger partial charge on any atom is 0.789 e. The quantitative estimate of drug-likeness (QED) is 0.623. The Morgan fingerprint density at radius 3 is 2.05 bits per heavy atom. The van der Waals surface area contributed by atoms with E-state index in [1.165, 1.54) is 12.1 Å². The van der Waals surface area contributed by atoms with Crippen LogP contribution < -0.4 is 15.0 Å². The van der Waals surface area contributed by atoms with Crippen LogP contribution in [-0.4, -0.2) is 18.7 Å². The fourth-order valence-electron chi connectivity index (χ4n) is 1.50. The van der Waals surface area contributed by atoms with Gasteiger partial charge in [0.2, 0.25) is 0 Å². The van der Waals surface area contributed by atoms with E-state index in [9.17, 15) is 5.11 Å². The smallest absolute Gasteiger partial charge is 0.508 e. The predicted octanol–water partition coefficient (Wildman–Crippen LogP) is 2.16. The van der Waals surface area contributed by atoms with Crippen molar-refractivity contribution in [3.8, 4) is 17.2 Å². The highest BCUT2D eigenvalue weighted by Gasteiger charge is 2.28. The molecule has 0 saturated carbocycles. The van der Waals surface area contributed by atoms with Gasteiger partial charge in [0, 0.05) is 0 Å². The summed E-state index contributed by atoms with van der Waals surface area (Å²) in [6, 6.07) is 15.4. The van der Waals surface area contributed by atoms with Crippen molar-refractivity contribution in [1.29, 1.82) is 0 Å². The molecule has 0 radical (unpaired) electrons. The van der Waals surface area contributed by atoms with E-state index in [1.807, 2.05) is 18.2 Å². The molecule has 0 aliphatic heterocycles. The molecular weight excluding hydrogens is 257 g/mol. The lowest BCUT2D eigenvalue weighted by molar-refractivity contribution is 0.146. The minimum Gasteiger partial charge on any atom is -0.508 e. The van der Waals surface area contributed by atoms with Gasteiger partial charge >= 0.3 is 7.32 Å².